The minimum Gasteiger partial charge on any atom is -0.495 e. The van der Waals surface area contributed by atoms with Crippen molar-refractivity contribution in [2.75, 3.05) is 13.7 Å². The summed E-state index contributed by atoms with van der Waals surface area (Å²) < 4.78 is 38.5. The van der Waals surface area contributed by atoms with Crippen LogP contribution in [0.3, 0.4) is 0 Å². The number of rotatable bonds is 9. The van der Waals surface area contributed by atoms with Crippen molar-refractivity contribution in [1.82, 2.24) is 10.0 Å². The van der Waals surface area contributed by atoms with Crippen LogP contribution in [0.4, 0.5) is 0 Å². The van der Waals surface area contributed by atoms with Crippen LogP contribution in [-0.4, -0.2) is 40.1 Å². The fourth-order valence-corrected chi connectivity index (χ4v) is 4.94. The first-order valence-corrected chi connectivity index (χ1v) is 12.5. The second-order valence-electron chi connectivity index (χ2n) is 7.80. The Morgan fingerprint density at radius 1 is 1.06 bits per heavy atom. The molecule has 2 aromatic rings. The molecule has 0 spiro atoms. The van der Waals surface area contributed by atoms with Crippen LogP contribution in [0.5, 0.6) is 5.75 Å². The molecule has 2 aromatic carbocycles. The summed E-state index contributed by atoms with van der Waals surface area (Å²) in [5, 5.41) is 3.41. The molecule has 0 atom stereocenters. The molecule has 8 nitrogen and oxygen atoms in total. The number of carbonyl (C=O) groups is 2. The highest BCUT2D eigenvalue weighted by Gasteiger charge is 2.23. The number of methoxy groups -OCH3 is 1. The van der Waals surface area contributed by atoms with Gasteiger partial charge in [0.15, 0.2) is 6.61 Å². The van der Waals surface area contributed by atoms with Gasteiger partial charge in [-0.25, -0.2) is 17.9 Å². The first-order chi connectivity index (χ1) is 15.8. The van der Waals surface area contributed by atoms with E-state index < -0.39 is 22.6 Å². The van der Waals surface area contributed by atoms with Crippen molar-refractivity contribution in [3.8, 4) is 5.75 Å². The van der Waals surface area contributed by atoms with E-state index in [9.17, 15) is 18.0 Å². The van der Waals surface area contributed by atoms with E-state index in [1.165, 1.54) is 31.7 Å². The minimum atomic E-state index is -4.01. The molecule has 1 saturated carbocycles. The van der Waals surface area contributed by atoms with Crippen molar-refractivity contribution in [1.29, 1.82) is 0 Å². The molecule has 0 bridgehead atoms. The third-order valence-corrected chi connectivity index (χ3v) is 7.05. The zero-order valence-corrected chi connectivity index (χ0v) is 19.9. The van der Waals surface area contributed by atoms with E-state index in [-0.39, 0.29) is 34.7 Å². The van der Waals surface area contributed by atoms with Crippen LogP contribution in [0.15, 0.2) is 47.4 Å². The second kappa shape index (κ2) is 11.5. The molecular weight excluding hydrogens is 468 g/mol. The lowest BCUT2D eigenvalue weighted by molar-refractivity contribution is -0.125. The van der Waals surface area contributed by atoms with Crippen molar-refractivity contribution >= 4 is 33.5 Å². The second-order valence-corrected chi connectivity index (χ2v) is 9.97. The van der Waals surface area contributed by atoms with Gasteiger partial charge >= 0.3 is 5.97 Å². The van der Waals surface area contributed by atoms with Gasteiger partial charge in [-0.1, -0.05) is 43.0 Å². The summed E-state index contributed by atoms with van der Waals surface area (Å²) in [7, 11) is -2.68. The molecule has 1 aliphatic rings. The van der Waals surface area contributed by atoms with Gasteiger partial charge in [-0.15, -0.1) is 0 Å². The van der Waals surface area contributed by atoms with Crippen molar-refractivity contribution in [2.24, 2.45) is 0 Å². The number of esters is 1. The number of ether oxygens (including phenoxy) is 2. The summed E-state index contributed by atoms with van der Waals surface area (Å²) in [5.41, 5.74) is 0.703. The van der Waals surface area contributed by atoms with Gasteiger partial charge in [0.05, 0.1) is 12.7 Å². The predicted molar refractivity (Wildman–Crippen MR) is 124 cm³/mol. The quantitative estimate of drug-likeness (QED) is 0.517. The third-order valence-electron chi connectivity index (χ3n) is 5.37. The van der Waals surface area contributed by atoms with Crippen LogP contribution in [0.1, 0.15) is 48.0 Å². The first kappa shape index (κ1) is 25.0. The molecule has 2 N–H and O–H groups in total. The lowest BCUT2D eigenvalue weighted by Gasteiger charge is -2.22. The molecule has 3 rings (SSSR count). The largest absolute Gasteiger partial charge is 0.495 e. The zero-order valence-electron chi connectivity index (χ0n) is 18.3. The highest BCUT2D eigenvalue weighted by Crippen LogP contribution is 2.25. The Kier molecular flexibility index (Phi) is 8.71. The SMILES string of the molecule is COc1ccc(C(=O)OCC(=O)NC2CCCCC2)cc1S(=O)(=O)NCc1ccc(Cl)cc1. The highest BCUT2D eigenvalue weighted by atomic mass is 35.5. The Morgan fingerprint density at radius 2 is 1.76 bits per heavy atom. The maximum atomic E-state index is 12.9. The molecule has 0 saturated heterocycles. The van der Waals surface area contributed by atoms with E-state index in [1.807, 2.05) is 0 Å². The van der Waals surface area contributed by atoms with E-state index in [1.54, 1.807) is 24.3 Å². The zero-order chi connectivity index (χ0) is 23.8. The van der Waals surface area contributed by atoms with Crippen LogP contribution < -0.4 is 14.8 Å². The Morgan fingerprint density at radius 3 is 2.42 bits per heavy atom. The van der Waals surface area contributed by atoms with Gasteiger partial charge in [-0.2, -0.15) is 0 Å². The minimum absolute atomic E-state index is 0.00636. The topological polar surface area (TPSA) is 111 Å². The van der Waals surface area contributed by atoms with E-state index >= 15 is 0 Å². The van der Waals surface area contributed by atoms with Gasteiger partial charge in [0.25, 0.3) is 5.91 Å². The fraction of sp³-hybridized carbons (Fsp3) is 0.391. The summed E-state index contributed by atoms with van der Waals surface area (Å²) in [6.45, 7) is -0.406. The Balaban J connectivity index is 1.65. The fourth-order valence-electron chi connectivity index (χ4n) is 3.60. The summed E-state index contributed by atoms with van der Waals surface area (Å²) in [6.07, 6.45) is 5.14. The molecule has 1 fully saturated rings. The van der Waals surface area contributed by atoms with E-state index in [0.717, 1.165) is 25.7 Å². The number of amides is 1. The van der Waals surface area contributed by atoms with Gasteiger partial charge in [0, 0.05) is 17.6 Å². The average Bonchev–Trinajstić information content (AvgIpc) is 2.82. The lowest BCUT2D eigenvalue weighted by atomic mass is 9.95. The third kappa shape index (κ3) is 7.18. The van der Waals surface area contributed by atoms with Gasteiger partial charge in [-0.05, 0) is 48.7 Å². The summed E-state index contributed by atoms with van der Waals surface area (Å²) in [5.74, 6) is -1.10. The predicted octanol–water partition coefficient (Wildman–Crippen LogP) is 3.43. The van der Waals surface area contributed by atoms with Crippen molar-refractivity contribution in [3.05, 3.63) is 58.6 Å². The monoisotopic (exact) mass is 494 g/mol. The number of hydrogen-bond acceptors (Lipinski definition) is 6. The molecule has 0 unspecified atom stereocenters. The van der Waals surface area contributed by atoms with Crippen molar-refractivity contribution in [3.63, 3.8) is 0 Å². The molecule has 178 valence electrons. The van der Waals surface area contributed by atoms with Gasteiger partial charge in [-0.3, -0.25) is 4.79 Å². The van der Waals surface area contributed by atoms with E-state index in [2.05, 4.69) is 10.0 Å². The molecule has 1 aliphatic carbocycles. The van der Waals surface area contributed by atoms with Gasteiger partial charge < -0.3 is 14.8 Å². The van der Waals surface area contributed by atoms with E-state index in [4.69, 9.17) is 21.1 Å². The number of carbonyl (C=O) groups excluding carboxylic acids is 2. The first-order valence-electron chi connectivity index (χ1n) is 10.7. The Bertz CT molecular complexity index is 1080. The van der Waals surface area contributed by atoms with Crippen LogP contribution in [-0.2, 0) is 26.1 Å². The molecule has 0 aliphatic heterocycles. The summed E-state index contributed by atoms with van der Waals surface area (Å²) in [6, 6.07) is 10.8. The number of nitrogens with one attached hydrogen (secondary N) is 2. The van der Waals surface area contributed by atoms with Crippen molar-refractivity contribution < 1.29 is 27.5 Å². The van der Waals surface area contributed by atoms with Crippen LogP contribution in [0.2, 0.25) is 5.02 Å². The van der Waals surface area contributed by atoms with Crippen LogP contribution in [0, 0.1) is 0 Å². The maximum Gasteiger partial charge on any atom is 0.338 e. The average molecular weight is 495 g/mol. The molecule has 10 heteroatoms. The van der Waals surface area contributed by atoms with Gasteiger partial charge in [0.2, 0.25) is 10.0 Å². The molecule has 33 heavy (non-hydrogen) atoms. The maximum absolute atomic E-state index is 12.9. The summed E-state index contributed by atoms with van der Waals surface area (Å²) in [4.78, 5) is 24.3. The molecule has 0 radical (unpaired) electrons. The Hall–Kier alpha value is -2.62. The Labute approximate surface area is 198 Å². The van der Waals surface area contributed by atoms with Crippen molar-refractivity contribution in [2.45, 2.75) is 49.6 Å². The molecular formula is C23H27ClN2O6S. The highest BCUT2D eigenvalue weighted by molar-refractivity contribution is 7.89. The number of halogens is 1. The standard InChI is InChI=1S/C23H27ClN2O6S/c1-31-20-12-9-17(23(28)32-15-22(27)26-19-5-3-2-4-6-19)13-21(20)33(29,30)25-14-16-7-10-18(24)11-8-16/h7-13,19,25H,2-6,14-15H2,1H3,(H,26,27). The summed E-state index contributed by atoms with van der Waals surface area (Å²) >= 11 is 5.85. The number of hydrogen-bond donors (Lipinski definition) is 2. The molecule has 0 heterocycles. The smallest absolute Gasteiger partial charge is 0.338 e. The van der Waals surface area contributed by atoms with E-state index in [0.29, 0.717) is 10.6 Å². The van der Waals surface area contributed by atoms with Crippen LogP contribution >= 0.6 is 11.6 Å². The van der Waals surface area contributed by atoms with Gasteiger partial charge in [0.1, 0.15) is 10.6 Å². The lowest BCUT2D eigenvalue weighted by Crippen LogP contribution is -2.38. The normalized spacial score (nSPS) is 14.5. The molecule has 1 amide bonds. The number of sulfonamides is 1. The van der Waals surface area contributed by atoms with Crippen LogP contribution in [0.25, 0.3) is 0 Å². The number of benzene rings is 2. The molecule has 0 aromatic heterocycles.